The molecule has 12 heteroatoms. The second kappa shape index (κ2) is 8.31. The van der Waals surface area contributed by atoms with E-state index in [1.807, 2.05) is 0 Å². The Bertz CT molecular complexity index is 445. The number of aliphatic hydroxyl groups is 6. The Hall–Kier alpha value is 0.149. The Balaban J connectivity index is 2.77. The zero-order valence-electron chi connectivity index (χ0n) is 11.4. The van der Waals surface area contributed by atoms with Gasteiger partial charge in [-0.1, -0.05) is 0 Å². The fourth-order valence-electron chi connectivity index (χ4n) is 2.27. The first kappa shape index (κ1) is 20.2. The summed E-state index contributed by atoms with van der Waals surface area (Å²) in [6, 6.07) is 0. The van der Waals surface area contributed by atoms with Gasteiger partial charge in [0.2, 0.25) is 0 Å². The van der Waals surface area contributed by atoms with Gasteiger partial charge >= 0.3 is 131 Å². The third-order valence-corrected chi connectivity index (χ3v) is 9.87. The number of hydrogen-bond acceptors (Lipinski definition) is 10. The van der Waals surface area contributed by atoms with Crippen molar-refractivity contribution < 1.29 is 47.8 Å². The first-order chi connectivity index (χ1) is 10.1. The van der Waals surface area contributed by atoms with Gasteiger partial charge in [0.1, 0.15) is 0 Å². The van der Waals surface area contributed by atoms with E-state index >= 15 is 0 Å². The first-order valence-corrected chi connectivity index (χ1v) is 11.1. The molecule has 0 aromatic rings. The average Bonchev–Trinajstić information content (AvgIpc) is 2.69. The molecule has 1 rings (SSSR count). The molecule has 7 atom stereocenters. The normalized spacial score (nSPS) is 33.6. The molecule has 22 heavy (non-hydrogen) atoms. The molecule has 1 heterocycles. The molecule has 1 unspecified atom stereocenters. The molecule has 0 radical (unpaired) electrons. The molecule has 0 aromatic carbocycles. The topological polar surface area (TPSA) is 188 Å². The summed E-state index contributed by atoms with van der Waals surface area (Å²) in [5.41, 5.74) is 0. The maximum absolute atomic E-state index is 10.5. The van der Waals surface area contributed by atoms with Gasteiger partial charge < -0.3 is 0 Å². The Kier molecular flexibility index (Phi) is 7.63. The fourth-order valence-corrected chi connectivity index (χ4v) is 9.01. The molecule has 0 saturated carbocycles. The standard InChI is InChI=1S/C10H20O10SSe/c11-1-5(13)10-9(16)7(15)4-22(10)3-6(14)8(2-12)20-21(17,18)19/h5-16H,1-4H2/t5-,6+,7+,8-,9-,10+,22?/m1/s1. The van der Waals surface area contributed by atoms with Gasteiger partial charge in [-0.3, -0.25) is 0 Å². The summed E-state index contributed by atoms with van der Waals surface area (Å²) in [6.07, 6.45) is -6.87. The molecular weight excluding hydrogens is 391 g/mol. The van der Waals surface area contributed by atoms with Crippen LogP contribution in [0.1, 0.15) is 0 Å². The second-order valence-electron chi connectivity index (χ2n) is 4.94. The van der Waals surface area contributed by atoms with Gasteiger partial charge in [-0.15, -0.1) is 0 Å². The molecule has 0 aromatic heterocycles. The Morgan fingerprint density at radius 1 is 1.23 bits per heavy atom. The van der Waals surface area contributed by atoms with Crippen molar-refractivity contribution in [3.8, 4) is 0 Å². The molecule has 10 nitrogen and oxygen atoms in total. The summed E-state index contributed by atoms with van der Waals surface area (Å²) in [4.78, 5) is -0.821. The summed E-state index contributed by atoms with van der Waals surface area (Å²) in [5.74, 6) is 0. The van der Waals surface area contributed by atoms with Gasteiger partial charge in [0.25, 0.3) is 0 Å². The molecule has 0 aliphatic carbocycles. The molecule has 1 saturated heterocycles. The summed E-state index contributed by atoms with van der Waals surface area (Å²) in [7, 11) is -5.11. The van der Waals surface area contributed by atoms with Crippen molar-refractivity contribution in [3.63, 3.8) is 0 Å². The summed E-state index contributed by atoms with van der Waals surface area (Å²) in [5, 5.41) is 57.1. The number of hydrogen-bond donors (Lipinski definition) is 6. The second-order valence-corrected chi connectivity index (χ2v) is 10.7. The van der Waals surface area contributed by atoms with Crippen LogP contribution in [0.15, 0.2) is 0 Å². The summed E-state index contributed by atoms with van der Waals surface area (Å²) >= 11 is -2.08. The van der Waals surface area contributed by atoms with Crippen molar-refractivity contribution in [2.75, 3.05) is 13.2 Å². The first-order valence-electron chi connectivity index (χ1n) is 6.35. The third-order valence-electron chi connectivity index (χ3n) is 3.30. The molecule has 0 bridgehead atoms. The van der Waals surface area contributed by atoms with E-state index < -0.39 is 72.8 Å². The van der Waals surface area contributed by atoms with Crippen LogP contribution in [0, 0.1) is 0 Å². The van der Waals surface area contributed by atoms with E-state index in [0.717, 1.165) is 0 Å². The van der Waals surface area contributed by atoms with Crippen molar-refractivity contribution in [2.24, 2.45) is 0 Å². The van der Waals surface area contributed by atoms with Crippen molar-refractivity contribution >= 4 is 24.3 Å². The summed E-state index contributed by atoms with van der Waals surface area (Å²) < 4.78 is 35.6. The van der Waals surface area contributed by atoms with Crippen molar-refractivity contribution in [2.45, 2.75) is 46.0 Å². The Labute approximate surface area is 131 Å². The molecule has 1 fully saturated rings. The van der Waals surface area contributed by atoms with Crippen LogP contribution >= 0.6 is 0 Å². The number of aliphatic hydroxyl groups excluding tert-OH is 6. The predicted octanol–water partition coefficient (Wildman–Crippen LogP) is -3.86. The van der Waals surface area contributed by atoms with Crippen molar-refractivity contribution in [1.29, 1.82) is 0 Å². The zero-order valence-corrected chi connectivity index (χ0v) is 14.0. The molecule has 0 spiro atoms. The van der Waals surface area contributed by atoms with Gasteiger partial charge in [0.05, 0.1) is 0 Å². The van der Waals surface area contributed by atoms with Crippen molar-refractivity contribution in [1.82, 2.24) is 0 Å². The van der Waals surface area contributed by atoms with Gasteiger partial charge in [-0.05, 0) is 0 Å². The molecule has 1 aliphatic rings. The van der Waals surface area contributed by atoms with E-state index in [1.165, 1.54) is 0 Å². The SMILES string of the molecule is O=S(=O)([O-])O[C@H](CO)[C@@H](O)C[Se+]1C[C@H](O)[C@@H](O)[C@@H]1[C@H](O)CO. The predicted molar refractivity (Wildman–Crippen MR) is 71.9 cm³/mol. The van der Waals surface area contributed by atoms with Crippen LogP contribution < -0.4 is 0 Å². The van der Waals surface area contributed by atoms with E-state index in [-0.39, 0.29) is 10.6 Å². The minimum atomic E-state index is -5.11. The minimum absolute atomic E-state index is 0.113. The molecule has 6 N–H and O–H groups in total. The molecule has 132 valence electrons. The van der Waals surface area contributed by atoms with Gasteiger partial charge in [-0.2, -0.15) is 0 Å². The quantitative estimate of drug-likeness (QED) is 0.131. The van der Waals surface area contributed by atoms with E-state index in [9.17, 15) is 33.4 Å². The van der Waals surface area contributed by atoms with E-state index in [2.05, 4.69) is 4.18 Å². The fraction of sp³-hybridized carbons (Fsp3) is 1.00. The van der Waals surface area contributed by atoms with E-state index in [4.69, 9.17) is 10.2 Å². The van der Waals surface area contributed by atoms with Gasteiger partial charge in [-0.25, -0.2) is 0 Å². The monoisotopic (exact) mass is 412 g/mol. The van der Waals surface area contributed by atoms with Crippen LogP contribution in [0.4, 0.5) is 0 Å². The molecule has 1 aliphatic heterocycles. The molecular formula is C10H20O10SSe. The number of rotatable bonds is 8. The third kappa shape index (κ3) is 5.35. The van der Waals surface area contributed by atoms with Crippen LogP contribution in [0.25, 0.3) is 0 Å². The van der Waals surface area contributed by atoms with Crippen LogP contribution in [-0.2, 0) is 14.6 Å². The van der Waals surface area contributed by atoms with Crippen LogP contribution in [0.2, 0.25) is 15.5 Å². The zero-order chi connectivity index (χ0) is 17.1. The average molecular weight is 411 g/mol. The summed E-state index contributed by atoms with van der Waals surface area (Å²) in [6.45, 7) is -1.56. The molecule has 0 amide bonds. The van der Waals surface area contributed by atoms with Crippen LogP contribution in [0.5, 0.6) is 0 Å². The maximum atomic E-state index is 10.5. The van der Waals surface area contributed by atoms with Gasteiger partial charge in [0, 0.05) is 0 Å². The van der Waals surface area contributed by atoms with Crippen LogP contribution in [-0.4, -0.2) is 101 Å². The van der Waals surface area contributed by atoms with Gasteiger partial charge in [0.15, 0.2) is 0 Å². The van der Waals surface area contributed by atoms with Crippen LogP contribution in [0.3, 0.4) is 0 Å². The van der Waals surface area contributed by atoms with E-state index in [0.29, 0.717) is 0 Å². The van der Waals surface area contributed by atoms with Crippen molar-refractivity contribution in [3.05, 3.63) is 0 Å². The van der Waals surface area contributed by atoms with E-state index in [1.54, 1.807) is 0 Å². The Morgan fingerprint density at radius 3 is 2.27 bits per heavy atom. The Morgan fingerprint density at radius 2 is 1.82 bits per heavy atom.